The van der Waals surface area contributed by atoms with Crippen LogP contribution in [0, 0.1) is 13.8 Å². The Morgan fingerprint density at radius 2 is 1.94 bits per heavy atom. The van der Waals surface area contributed by atoms with Crippen molar-refractivity contribution < 1.29 is 0 Å². The normalized spacial score (nSPS) is 10.4. The van der Waals surface area contributed by atoms with Crippen molar-refractivity contribution in [3.8, 4) is 0 Å². The Morgan fingerprint density at radius 1 is 1.25 bits per heavy atom. The van der Waals surface area contributed by atoms with Crippen LogP contribution in [0.2, 0.25) is 0 Å². The molecule has 1 aromatic carbocycles. The average molecular weight is 212 g/mol. The van der Waals surface area contributed by atoms with Gasteiger partial charge in [-0.25, -0.2) is 4.98 Å². The highest BCUT2D eigenvalue weighted by atomic mass is 15.1. The molecule has 2 aromatic rings. The quantitative estimate of drug-likeness (QED) is 0.764. The van der Waals surface area contributed by atoms with E-state index in [4.69, 9.17) is 0 Å². The zero-order valence-electron chi connectivity index (χ0n) is 9.77. The first kappa shape index (κ1) is 10.7. The maximum Gasteiger partial charge on any atom is 0.106 e. The number of rotatable bonds is 3. The predicted molar refractivity (Wildman–Crippen MR) is 67.3 cm³/mol. The summed E-state index contributed by atoms with van der Waals surface area (Å²) < 4.78 is 2.21. The smallest absolute Gasteiger partial charge is 0.106 e. The van der Waals surface area contributed by atoms with Gasteiger partial charge in [-0.2, -0.15) is 0 Å². The van der Waals surface area contributed by atoms with Crippen molar-refractivity contribution >= 4 is 6.08 Å². The summed E-state index contributed by atoms with van der Waals surface area (Å²) in [6, 6.07) is 8.44. The van der Waals surface area contributed by atoms with Gasteiger partial charge < -0.3 is 4.57 Å². The topological polar surface area (TPSA) is 17.8 Å². The van der Waals surface area contributed by atoms with Gasteiger partial charge in [-0.3, -0.25) is 0 Å². The minimum Gasteiger partial charge on any atom is -0.328 e. The number of imidazole rings is 1. The molecule has 2 nitrogen and oxygen atoms in total. The molecule has 0 amide bonds. The number of hydrogen-bond acceptors (Lipinski definition) is 1. The van der Waals surface area contributed by atoms with Crippen LogP contribution in [-0.4, -0.2) is 9.55 Å². The molecule has 0 N–H and O–H groups in total. The number of hydrogen-bond donors (Lipinski definition) is 0. The molecular weight excluding hydrogens is 196 g/mol. The molecule has 16 heavy (non-hydrogen) atoms. The van der Waals surface area contributed by atoms with Gasteiger partial charge in [-0.05, 0) is 25.0 Å². The summed E-state index contributed by atoms with van der Waals surface area (Å²) in [6.45, 7) is 8.75. The van der Waals surface area contributed by atoms with Crippen LogP contribution in [-0.2, 0) is 6.54 Å². The second-order valence-corrected chi connectivity index (χ2v) is 3.98. The Balaban J connectivity index is 2.23. The molecule has 2 rings (SSSR count). The van der Waals surface area contributed by atoms with Crippen LogP contribution in [0.15, 0.2) is 37.0 Å². The number of aromatic nitrogens is 2. The lowest BCUT2D eigenvalue weighted by Crippen LogP contribution is -2.03. The van der Waals surface area contributed by atoms with Crippen molar-refractivity contribution in [1.82, 2.24) is 9.55 Å². The van der Waals surface area contributed by atoms with E-state index in [0.717, 1.165) is 17.9 Å². The fourth-order valence-electron chi connectivity index (χ4n) is 1.76. The third-order valence-electron chi connectivity index (χ3n) is 2.81. The molecular formula is C14H16N2. The van der Waals surface area contributed by atoms with Gasteiger partial charge in [-0.1, -0.05) is 36.9 Å². The van der Waals surface area contributed by atoms with E-state index in [1.807, 2.05) is 19.2 Å². The molecule has 0 saturated carbocycles. The molecule has 0 aliphatic rings. The van der Waals surface area contributed by atoms with E-state index >= 15 is 0 Å². The van der Waals surface area contributed by atoms with E-state index in [9.17, 15) is 0 Å². The lowest BCUT2D eigenvalue weighted by atomic mass is 10.1. The summed E-state index contributed by atoms with van der Waals surface area (Å²) in [4.78, 5) is 4.29. The lowest BCUT2D eigenvalue weighted by Gasteiger charge is -2.08. The fourth-order valence-corrected chi connectivity index (χ4v) is 1.76. The monoisotopic (exact) mass is 212 g/mol. The number of nitrogens with zero attached hydrogens (tertiary/aromatic N) is 2. The number of aryl methyl sites for hydroxylation is 2. The van der Waals surface area contributed by atoms with Crippen molar-refractivity contribution in [3.63, 3.8) is 0 Å². The third kappa shape index (κ3) is 2.06. The maximum atomic E-state index is 4.29. The Kier molecular flexibility index (Phi) is 2.91. The molecule has 1 heterocycles. The van der Waals surface area contributed by atoms with E-state index < -0.39 is 0 Å². The van der Waals surface area contributed by atoms with E-state index in [-0.39, 0.29) is 0 Å². The Morgan fingerprint density at radius 3 is 2.44 bits per heavy atom. The summed E-state index contributed by atoms with van der Waals surface area (Å²) in [6.07, 6.45) is 3.77. The van der Waals surface area contributed by atoms with Crippen LogP contribution in [0.1, 0.15) is 22.6 Å². The first-order chi connectivity index (χ1) is 7.70. The van der Waals surface area contributed by atoms with Crippen LogP contribution >= 0.6 is 0 Å². The summed E-state index contributed by atoms with van der Waals surface area (Å²) in [5.41, 5.74) is 3.64. The van der Waals surface area contributed by atoms with Crippen LogP contribution in [0.25, 0.3) is 6.08 Å². The lowest BCUT2D eigenvalue weighted by molar-refractivity contribution is 0.738. The van der Waals surface area contributed by atoms with E-state index in [2.05, 4.69) is 47.3 Å². The molecule has 0 spiro atoms. The fraction of sp³-hybridized carbons (Fsp3) is 0.214. The van der Waals surface area contributed by atoms with E-state index in [0.29, 0.717) is 0 Å². The molecule has 0 bridgehead atoms. The molecule has 0 aliphatic carbocycles. The largest absolute Gasteiger partial charge is 0.328 e. The van der Waals surface area contributed by atoms with Crippen LogP contribution in [0.5, 0.6) is 0 Å². The van der Waals surface area contributed by atoms with Gasteiger partial charge >= 0.3 is 0 Å². The molecule has 0 fully saturated rings. The van der Waals surface area contributed by atoms with E-state index in [1.165, 1.54) is 11.3 Å². The van der Waals surface area contributed by atoms with Gasteiger partial charge in [0, 0.05) is 18.4 Å². The summed E-state index contributed by atoms with van der Waals surface area (Å²) >= 11 is 0. The third-order valence-corrected chi connectivity index (χ3v) is 2.81. The highest BCUT2D eigenvalue weighted by Crippen LogP contribution is 2.10. The summed E-state index contributed by atoms with van der Waals surface area (Å²) in [5, 5.41) is 0. The molecule has 1 aromatic heterocycles. The van der Waals surface area contributed by atoms with Gasteiger partial charge in [-0.15, -0.1) is 0 Å². The van der Waals surface area contributed by atoms with Crippen molar-refractivity contribution in [1.29, 1.82) is 0 Å². The average Bonchev–Trinajstić information content (AvgIpc) is 2.62. The second-order valence-electron chi connectivity index (χ2n) is 3.98. The van der Waals surface area contributed by atoms with Gasteiger partial charge in [0.05, 0.1) is 0 Å². The summed E-state index contributed by atoms with van der Waals surface area (Å²) in [5.74, 6) is 1.06. The molecule has 0 unspecified atom stereocenters. The minimum atomic E-state index is 0.884. The van der Waals surface area contributed by atoms with Gasteiger partial charge in [0.25, 0.3) is 0 Å². The molecule has 0 saturated heterocycles. The second kappa shape index (κ2) is 4.35. The standard InChI is InChI=1S/C14H16N2/c1-4-13-5-7-14(8-6-13)10-16-11(2)9-15-12(16)3/h4-9H,1,10H2,2-3H3. The zero-order valence-corrected chi connectivity index (χ0v) is 9.77. The van der Waals surface area contributed by atoms with Crippen LogP contribution < -0.4 is 0 Å². The Bertz CT molecular complexity index is 472. The highest BCUT2D eigenvalue weighted by molar-refractivity contribution is 5.47. The predicted octanol–water partition coefficient (Wildman–Crippen LogP) is 3.19. The Labute approximate surface area is 96.3 Å². The summed E-state index contributed by atoms with van der Waals surface area (Å²) in [7, 11) is 0. The van der Waals surface area contributed by atoms with Gasteiger partial charge in [0.15, 0.2) is 0 Å². The molecule has 82 valence electrons. The molecule has 0 atom stereocenters. The first-order valence-electron chi connectivity index (χ1n) is 5.41. The van der Waals surface area contributed by atoms with Gasteiger partial charge in [0.1, 0.15) is 5.82 Å². The first-order valence-corrected chi connectivity index (χ1v) is 5.41. The molecule has 0 radical (unpaired) electrons. The van der Waals surface area contributed by atoms with Crippen molar-refractivity contribution in [3.05, 3.63) is 59.7 Å². The highest BCUT2D eigenvalue weighted by Gasteiger charge is 2.02. The SMILES string of the molecule is C=Cc1ccc(Cn2c(C)cnc2C)cc1. The van der Waals surface area contributed by atoms with Crippen LogP contribution in [0.3, 0.4) is 0 Å². The minimum absolute atomic E-state index is 0.884. The molecule has 0 aliphatic heterocycles. The van der Waals surface area contributed by atoms with E-state index in [1.54, 1.807) is 0 Å². The Hall–Kier alpha value is -1.83. The van der Waals surface area contributed by atoms with Crippen molar-refractivity contribution in [2.75, 3.05) is 0 Å². The van der Waals surface area contributed by atoms with Gasteiger partial charge in [0.2, 0.25) is 0 Å². The maximum absolute atomic E-state index is 4.29. The van der Waals surface area contributed by atoms with Crippen molar-refractivity contribution in [2.45, 2.75) is 20.4 Å². The number of benzene rings is 1. The molecule has 2 heteroatoms. The van der Waals surface area contributed by atoms with Crippen molar-refractivity contribution in [2.24, 2.45) is 0 Å². The zero-order chi connectivity index (χ0) is 11.5. The van der Waals surface area contributed by atoms with Crippen LogP contribution in [0.4, 0.5) is 0 Å².